The van der Waals surface area contributed by atoms with Crippen LogP contribution in [0.3, 0.4) is 0 Å². The Morgan fingerprint density at radius 1 is 0.968 bits per heavy atom. The van der Waals surface area contributed by atoms with E-state index in [1.54, 1.807) is 29.0 Å². The van der Waals surface area contributed by atoms with Crippen LogP contribution >= 0.6 is 11.6 Å². The Morgan fingerprint density at radius 3 is 2.45 bits per heavy atom. The topological polar surface area (TPSA) is 51.1 Å². The van der Waals surface area contributed by atoms with Crippen LogP contribution < -0.4 is 10.9 Å². The van der Waals surface area contributed by atoms with Crippen molar-refractivity contribution in [2.24, 2.45) is 5.92 Å². The number of nitrogens with zero attached hydrogens (tertiary/aromatic N) is 1. The SMILES string of the molecule is O=C(N[C@H]1CCCC[C@H]1CCc1ccc(Cl)cc1)c1ccc(-n2ccccc2=O)cc1. The Labute approximate surface area is 187 Å². The van der Waals surface area contributed by atoms with Crippen molar-refractivity contribution in [3.05, 3.63) is 99.4 Å². The molecule has 0 aliphatic heterocycles. The van der Waals surface area contributed by atoms with Crippen molar-refractivity contribution in [1.82, 2.24) is 9.88 Å². The fourth-order valence-electron chi connectivity index (χ4n) is 4.41. The Balaban J connectivity index is 1.39. The van der Waals surface area contributed by atoms with Gasteiger partial charge in [-0.25, -0.2) is 0 Å². The first-order valence-electron chi connectivity index (χ1n) is 10.9. The molecular weight excluding hydrogens is 408 g/mol. The molecular formula is C26H27ClN2O2. The van der Waals surface area contributed by atoms with Crippen LogP contribution in [0.5, 0.6) is 0 Å². The molecule has 4 rings (SSSR count). The van der Waals surface area contributed by atoms with Gasteiger partial charge in [-0.05, 0) is 79.6 Å². The lowest BCUT2D eigenvalue weighted by Gasteiger charge is -2.32. The van der Waals surface area contributed by atoms with Gasteiger partial charge in [-0.1, -0.05) is 42.6 Å². The first kappa shape index (κ1) is 21.4. The molecule has 0 unspecified atom stereocenters. The molecule has 5 heteroatoms. The summed E-state index contributed by atoms with van der Waals surface area (Å²) in [5, 5.41) is 4.03. The predicted octanol–water partition coefficient (Wildman–Crippen LogP) is 5.41. The van der Waals surface area contributed by atoms with E-state index in [2.05, 4.69) is 17.4 Å². The smallest absolute Gasteiger partial charge is 0.255 e. The van der Waals surface area contributed by atoms with Gasteiger partial charge >= 0.3 is 0 Å². The average Bonchev–Trinajstić information content (AvgIpc) is 2.80. The van der Waals surface area contributed by atoms with Crippen LogP contribution in [0.25, 0.3) is 5.69 Å². The van der Waals surface area contributed by atoms with Crippen LogP contribution in [0, 0.1) is 5.92 Å². The Kier molecular flexibility index (Phi) is 6.88. The Bertz CT molecular complexity index is 1070. The largest absolute Gasteiger partial charge is 0.349 e. The maximum Gasteiger partial charge on any atom is 0.255 e. The minimum Gasteiger partial charge on any atom is -0.349 e. The molecule has 1 fully saturated rings. The van der Waals surface area contributed by atoms with Crippen molar-refractivity contribution >= 4 is 17.5 Å². The van der Waals surface area contributed by atoms with Crippen molar-refractivity contribution in [2.45, 2.75) is 44.6 Å². The van der Waals surface area contributed by atoms with Gasteiger partial charge in [0.25, 0.3) is 11.5 Å². The second-order valence-corrected chi connectivity index (χ2v) is 8.68. The van der Waals surface area contributed by atoms with Gasteiger partial charge in [0, 0.05) is 34.6 Å². The molecule has 1 aromatic heterocycles. The summed E-state index contributed by atoms with van der Waals surface area (Å²) in [6.45, 7) is 0. The third kappa shape index (κ3) is 5.45. The summed E-state index contributed by atoms with van der Waals surface area (Å²) in [5.74, 6) is 0.436. The predicted molar refractivity (Wildman–Crippen MR) is 125 cm³/mol. The molecule has 0 radical (unpaired) electrons. The van der Waals surface area contributed by atoms with Crippen LogP contribution in [0.15, 0.2) is 77.7 Å². The fraction of sp³-hybridized carbons (Fsp3) is 0.308. The normalized spacial score (nSPS) is 18.5. The number of aryl methyl sites for hydroxylation is 1. The number of benzene rings is 2. The minimum atomic E-state index is -0.0922. The van der Waals surface area contributed by atoms with Crippen molar-refractivity contribution < 1.29 is 4.79 Å². The number of hydrogen-bond acceptors (Lipinski definition) is 2. The molecule has 160 valence electrons. The highest BCUT2D eigenvalue weighted by atomic mass is 35.5. The summed E-state index contributed by atoms with van der Waals surface area (Å²) >= 11 is 5.99. The molecule has 4 nitrogen and oxygen atoms in total. The van der Waals surface area contributed by atoms with Gasteiger partial charge < -0.3 is 5.32 Å². The number of aromatic nitrogens is 1. The van der Waals surface area contributed by atoms with Gasteiger partial charge in [-0.2, -0.15) is 0 Å². The van der Waals surface area contributed by atoms with E-state index in [-0.39, 0.29) is 17.5 Å². The number of nitrogens with one attached hydrogen (secondary N) is 1. The van der Waals surface area contributed by atoms with Crippen molar-refractivity contribution in [1.29, 1.82) is 0 Å². The average molecular weight is 435 g/mol. The van der Waals surface area contributed by atoms with Crippen molar-refractivity contribution in [2.75, 3.05) is 0 Å². The van der Waals surface area contributed by atoms with Crippen molar-refractivity contribution in [3.63, 3.8) is 0 Å². The molecule has 2 atom stereocenters. The number of amides is 1. The van der Waals surface area contributed by atoms with E-state index in [1.165, 1.54) is 18.1 Å². The zero-order chi connectivity index (χ0) is 21.6. The highest BCUT2D eigenvalue weighted by molar-refractivity contribution is 6.30. The summed E-state index contributed by atoms with van der Waals surface area (Å²) in [5.41, 5.74) is 2.56. The van der Waals surface area contributed by atoms with E-state index in [4.69, 9.17) is 11.6 Å². The second kappa shape index (κ2) is 9.97. The molecule has 0 saturated heterocycles. The van der Waals surface area contributed by atoms with E-state index in [1.807, 2.05) is 30.3 Å². The first-order chi connectivity index (χ1) is 15.1. The molecule has 1 saturated carbocycles. The van der Waals surface area contributed by atoms with E-state index >= 15 is 0 Å². The van der Waals surface area contributed by atoms with Crippen LogP contribution in [0.2, 0.25) is 5.02 Å². The lowest BCUT2D eigenvalue weighted by molar-refractivity contribution is 0.0903. The molecule has 2 aromatic carbocycles. The molecule has 1 aliphatic carbocycles. The summed E-state index contributed by atoms with van der Waals surface area (Å²) in [4.78, 5) is 24.9. The lowest BCUT2D eigenvalue weighted by atomic mass is 9.81. The lowest BCUT2D eigenvalue weighted by Crippen LogP contribution is -2.42. The Hall–Kier alpha value is -2.85. The number of carbonyl (C=O) groups excluding carboxylic acids is 1. The third-order valence-corrected chi connectivity index (χ3v) is 6.42. The Morgan fingerprint density at radius 2 is 1.71 bits per heavy atom. The summed E-state index contributed by atoms with van der Waals surface area (Å²) in [6.07, 6.45) is 8.32. The molecule has 1 aliphatic rings. The molecule has 1 N–H and O–H groups in total. The van der Waals surface area contributed by atoms with Crippen LogP contribution in [0.4, 0.5) is 0 Å². The van der Waals surface area contributed by atoms with E-state index in [0.717, 1.165) is 42.8 Å². The van der Waals surface area contributed by atoms with E-state index < -0.39 is 0 Å². The number of hydrogen-bond donors (Lipinski definition) is 1. The standard InChI is InChI=1S/C26H27ClN2O2/c27-22-14-9-19(10-15-22)8-11-20-5-1-2-6-24(20)28-26(31)21-12-16-23(17-13-21)29-18-4-3-7-25(29)30/h3-4,7,9-10,12-18,20,24H,1-2,5-6,8,11H2,(H,28,31)/t20-,24-/m0/s1. The van der Waals surface area contributed by atoms with Gasteiger partial charge in [0.2, 0.25) is 0 Å². The number of rotatable bonds is 6. The third-order valence-electron chi connectivity index (χ3n) is 6.17. The minimum absolute atomic E-state index is 0.0460. The van der Waals surface area contributed by atoms with E-state index in [9.17, 15) is 9.59 Å². The number of carbonyl (C=O) groups is 1. The maximum absolute atomic E-state index is 12.9. The molecule has 0 bridgehead atoms. The molecule has 0 spiro atoms. The van der Waals surface area contributed by atoms with Gasteiger partial charge in [-0.15, -0.1) is 0 Å². The summed E-state index contributed by atoms with van der Waals surface area (Å²) in [6, 6.07) is 20.5. The molecule has 1 amide bonds. The second-order valence-electron chi connectivity index (χ2n) is 8.25. The first-order valence-corrected chi connectivity index (χ1v) is 11.3. The monoisotopic (exact) mass is 434 g/mol. The fourth-order valence-corrected chi connectivity index (χ4v) is 4.54. The van der Waals surface area contributed by atoms with Crippen molar-refractivity contribution in [3.8, 4) is 5.69 Å². The van der Waals surface area contributed by atoms with Crippen LogP contribution in [0.1, 0.15) is 48.0 Å². The highest BCUT2D eigenvalue weighted by Crippen LogP contribution is 2.29. The van der Waals surface area contributed by atoms with Crippen LogP contribution in [-0.4, -0.2) is 16.5 Å². The van der Waals surface area contributed by atoms with Gasteiger partial charge in [-0.3, -0.25) is 14.2 Å². The summed E-state index contributed by atoms with van der Waals surface area (Å²) in [7, 11) is 0. The van der Waals surface area contributed by atoms with Gasteiger partial charge in [0.15, 0.2) is 0 Å². The maximum atomic E-state index is 12.9. The highest BCUT2D eigenvalue weighted by Gasteiger charge is 2.26. The van der Waals surface area contributed by atoms with Gasteiger partial charge in [0.1, 0.15) is 0 Å². The molecule has 31 heavy (non-hydrogen) atoms. The quantitative estimate of drug-likeness (QED) is 0.563. The van der Waals surface area contributed by atoms with Gasteiger partial charge in [0.05, 0.1) is 0 Å². The number of halogens is 1. The summed E-state index contributed by atoms with van der Waals surface area (Å²) < 4.78 is 1.57. The zero-order valence-electron chi connectivity index (χ0n) is 17.5. The zero-order valence-corrected chi connectivity index (χ0v) is 18.2. The van der Waals surface area contributed by atoms with E-state index in [0.29, 0.717) is 11.5 Å². The molecule has 1 heterocycles. The van der Waals surface area contributed by atoms with Crippen LogP contribution in [-0.2, 0) is 6.42 Å². The number of pyridine rings is 1. The molecule has 3 aromatic rings.